The van der Waals surface area contributed by atoms with E-state index in [1.54, 1.807) is 11.6 Å². The molecule has 224 valence electrons. The summed E-state index contributed by atoms with van der Waals surface area (Å²) in [6.07, 6.45) is 14.5. The van der Waals surface area contributed by atoms with Crippen LogP contribution in [0.15, 0.2) is 54.1 Å². The smallest absolute Gasteiger partial charge is 0.251 e. The van der Waals surface area contributed by atoms with Crippen molar-refractivity contribution in [1.82, 2.24) is 20.9 Å². The number of carbonyl (C=O) groups excluding carboxylic acids is 2. The summed E-state index contributed by atoms with van der Waals surface area (Å²) in [5, 5.41) is 9.91. The third-order valence-electron chi connectivity index (χ3n) is 9.49. The summed E-state index contributed by atoms with van der Waals surface area (Å²) in [5.41, 5.74) is 3.77. The summed E-state index contributed by atoms with van der Waals surface area (Å²) < 4.78 is 6.21. The summed E-state index contributed by atoms with van der Waals surface area (Å²) >= 11 is 0. The lowest BCUT2D eigenvalue weighted by Crippen LogP contribution is -2.46. The molecule has 0 bridgehead atoms. The Hall–Kier alpha value is -3.16. The number of para-hydroxylation sites is 1. The van der Waals surface area contributed by atoms with Crippen molar-refractivity contribution in [3.05, 3.63) is 70.8 Å². The summed E-state index contributed by atoms with van der Waals surface area (Å²) in [7, 11) is 0. The number of nitrogens with one attached hydrogen (secondary N) is 3. The molecule has 4 aliphatic rings. The van der Waals surface area contributed by atoms with Crippen molar-refractivity contribution < 1.29 is 14.3 Å². The highest BCUT2D eigenvalue weighted by Crippen LogP contribution is 2.44. The Morgan fingerprint density at radius 2 is 1.76 bits per heavy atom. The van der Waals surface area contributed by atoms with Gasteiger partial charge in [-0.25, -0.2) is 0 Å². The quantitative estimate of drug-likeness (QED) is 0.382. The lowest BCUT2D eigenvalue weighted by atomic mass is 9.85. The second-order valence-electron chi connectivity index (χ2n) is 12.6. The van der Waals surface area contributed by atoms with E-state index in [2.05, 4.69) is 26.9 Å². The molecule has 2 aromatic rings. The van der Waals surface area contributed by atoms with Crippen molar-refractivity contribution in [2.24, 2.45) is 5.92 Å². The number of hydrogen-bond acceptors (Lipinski definition) is 5. The van der Waals surface area contributed by atoms with Crippen LogP contribution in [-0.4, -0.2) is 62.0 Å². The molecule has 7 heteroatoms. The number of ether oxygens (including phenoxy) is 1. The molecule has 3 aliphatic heterocycles. The number of carbonyl (C=O) groups is 2. The minimum absolute atomic E-state index is 0.0148. The van der Waals surface area contributed by atoms with Crippen LogP contribution < -0.4 is 20.7 Å². The monoisotopic (exact) mass is 570 g/mol. The van der Waals surface area contributed by atoms with Crippen molar-refractivity contribution in [3.63, 3.8) is 0 Å². The molecule has 2 fully saturated rings. The Morgan fingerprint density at radius 3 is 2.62 bits per heavy atom. The van der Waals surface area contributed by atoms with Gasteiger partial charge in [-0.15, -0.1) is 0 Å². The summed E-state index contributed by atoms with van der Waals surface area (Å²) in [6, 6.07) is 13.4. The van der Waals surface area contributed by atoms with Crippen LogP contribution in [0.5, 0.6) is 11.5 Å². The molecule has 2 atom stereocenters. The zero-order valence-electron chi connectivity index (χ0n) is 24.8. The molecule has 0 radical (unpaired) electrons. The van der Waals surface area contributed by atoms with Crippen molar-refractivity contribution in [3.8, 4) is 11.5 Å². The van der Waals surface area contributed by atoms with Gasteiger partial charge in [0, 0.05) is 48.9 Å². The molecule has 6 rings (SSSR count). The number of fused-ring (bicyclic) bond motifs is 2. The van der Waals surface area contributed by atoms with Gasteiger partial charge in [0.25, 0.3) is 5.91 Å². The Balaban J connectivity index is 1.12. The lowest BCUT2D eigenvalue weighted by Gasteiger charge is -2.35. The lowest BCUT2D eigenvalue weighted by molar-refractivity contribution is -0.122. The van der Waals surface area contributed by atoms with Crippen molar-refractivity contribution in [2.45, 2.75) is 76.2 Å². The van der Waals surface area contributed by atoms with Crippen LogP contribution in [0.2, 0.25) is 0 Å². The van der Waals surface area contributed by atoms with E-state index in [1.165, 1.54) is 38.5 Å². The molecule has 2 saturated heterocycles. The van der Waals surface area contributed by atoms with Crippen LogP contribution >= 0.6 is 0 Å². The molecule has 1 aliphatic carbocycles. The van der Waals surface area contributed by atoms with E-state index in [-0.39, 0.29) is 17.9 Å². The van der Waals surface area contributed by atoms with Gasteiger partial charge in [-0.05, 0) is 94.6 Å². The normalized spacial score (nSPS) is 24.5. The van der Waals surface area contributed by atoms with Crippen LogP contribution in [0, 0.1) is 5.92 Å². The van der Waals surface area contributed by atoms with E-state index in [4.69, 9.17) is 4.74 Å². The molecular weight excluding hydrogens is 524 g/mol. The number of rotatable bonds is 7. The molecule has 7 nitrogen and oxygen atoms in total. The topological polar surface area (TPSA) is 82.7 Å². The van der Waals surface area contributed by atoms with E-state index in [0.717, 1.165) is 69.5 Å². The third kappa shape index (κ3) is 7.07. The first-order chi connectivity index (χ1) is 20.6. The molecule has 0 spiro atoms. The zero-order valence-corrected chi connectivity index (χ0v) is 24.8. The number of benzene rings is 2. The number of nitrogens with zero attached hydrogens (tertiary/aromatic N) is 1. The Morgan fingerprint density at radius 1 is 0.929 bits per heavy atom. The summed E-state index contributed by atoms with van der Waals surface area (Å²) in [5.74, 6) is 1.16. The van der Waals surface area contributed by atoms with Crippen molar-refractivity contribution >= 4 is 11.8 Å². The number of piperidine rings is 2. The predicted molar refractivity (Wildman–Crippen MR) is 166 cm³/mol. The fraction of sp³-hybridized carbons (Fsp3) is 0.543. The number of allylic oxidation sites excluding steroid dienone is 1. The molecular formula is C35H46N4O3. The maximum Gasteiger partial charge on any atom is 0.251 e. The van der Waals surface area contributed by atoms with Gasteiger partial charge < -0.3 is 20.7 Å². The summed E-state index contributed by atoms with van der Waals surface area (Å²) in [6.45, 7) is 5.73. The Labute approximate surface area is 250 Å². The molecule has 42 heavy (non-hydrogen) atoms. The van der Waals surface area contributed by atoms with Crippen molar-refractivity contribution in [1.29, 1.82) is 0 Å². The van der Waals surface area contributed by atoms with E-state index in [9.17, 15) is 9.59 Å². The number of likely N-dealkylation sites (tertiary alicyclic amines) is 1. The molecule has 0 saturated carbocycles. The Kier molecular flexibility index (Phi) is 9.56. The average molecular weight is 571 g/mol. The largest absolute Gasteiger partial charge is 0.457 e. The van der Waals surface area contributed by atoms with Gasteiger partial charge in [0.2, 0.25) is 5.91 Å². The second-order valence-corrected chi connectivity index (χ2v) is 12.6. The van der Waals surface area contributed by atoms with Gasteiger partial charge in [0.15, 0.2) is 0 Å². The average Bonchev–Trinajstić information content (AvgIpc) is 3.01. The minimum Gasteiger partial charge on any atom is -0.457 e. The van der Waals surface area contributed by atoms with Crippen LogP contribution in [0.4, 0.5) is 0 Å². The molecule has 2 aromatic carbocycles. The van der Waals surface area contributed by atoms with E-state index in [0.29, 0.717) is 29.5 Å². The zero-order chi connectivity index (χ0) is 28.7. The number of hydrogen-bond donors (Lipinski definition) is 3. The predicted octanol–water partition coefficient (Wildman–Crippen LogP) is 5.51. The highest BCUT2D eigenvalue weighted by molar-refractivity contribution is 5.96. The molecule has 3 N–H and O–H groups in total. The second kappa shape index (κ2) is 13.9. The van der Waals surface area contributed by atoms with Gasteiger partial charge in [0.05, 0.1) is 5.92 Å². The van der Waals surface area contributed by atoms with Gasteiger partial charge in [0.1, 0.15) is 11.5 Å². The van der Waals surface area contributed by atoms with Gasteiger partial charge in [-0.2, -0.15) is 0 Å². The van der Waals surface area contributed by atoms with Gasteiger partial charge >= 0.3 is 0 Å². The molecule has 2 unspecified atom stereocenters. The minimum atomic E-state index is -0.515. The first kappa shape index (κ1) is 28.9. The van der Waals surface area contributed by atoms with Crippen LogP contribution in [-0.2, 0) is 4.79 Å². The SMILES string of the molecule is O=C(NCC1CCCNC1)c1ccc2c(c1)C(C(=O)NC1CCN(C/C3=C/CCCCCC3)CC1)c1ccccc1O2. The van der Waals surface area contributed by atoms with E-state index < -0.39 is 5.92 Å². The van der Waals surface area contributed by atoms with Crippen LogP contribution in [0.25, 0.3) is 0 Å². The maximum atomic E-state index is 14.0. The van der Waals surface area contributed by atoms with Crippen molar-refractivity contribution in [2.75, 3.05) is 39.3 Å². The molecule has 2 amide bonds. The standard InChI is InChI=1S/C35H46N4O3/c40-34(37-23-26-11-8-18-36-22-26)27-14-15-32-30(21-27)33(29-12-6-7-13-31(29)42-32)35(41)38-28-16-19-39(20-17-28)24-25-9-4-2-1-3-5-10-25/h6-7,9,12-15,21,26,28,33,36H,1-5,8,10-11,16-20,22-24H2,(H,37,40)(H,38,41)/b25-9+. The van der Waals surface area contributed by atoms with Crippen LogP contribution in [0.3, 0.4) is 0 Å². The van der Waals surface area contributed by atoms with Gasteiger partial charge in [-0.3, -0.25) is 14.5 Å². The number of amides is 2. The van der Waals surface area contributed by atoms with Crippen LogP contribution in [0.1, 0.15) is 91.6 Å². The third-order valence-corrected chi connectivity index (χ3v) is 9.49. The molecule has 0 aromatic heterocycles. The highest BCUT2D eigenvalue weighted by Gasteiger charge is 2.35. The molecule has 3 heterocycles. The maximum absolute atomic E-state index is 14.0. The Bertz CT molecular complexity index is 1280. The fourth-order valence-corrected chi connectivity index (χ4v) is 7.03. The fourth-order valence-electron chi connectivity index (χ4n) is 7.03. The first-order valence-electron chi connectivity index (χ1n) is 16.2. The van der Waals surface area contributed by atoms with E-state index >= 15 is 0 Å². The van der Waals surface area contributed by atoms with E-state index in [1.807, 2.05) is 36.4 Å². The summed E-state index contributed by atoms with van der Waals surface area (Å²) in [4.78, 5) is 29.7. The highest BCUT2D eigenvalue weighted by atomic mass is 16.5. The van der Waals surface area contributed by atoms with Gasteiger partial charge in [-0.1, -0.05) is 42.7 Å². The first-order valence-corrected chi connectivity index (χ1v) is 16.2.